The second-order valence-corrected chi connectivity index (χ2v) is 8.06. The van der Waals surface area contributed by atoms with Gasteiger partial charge < -0.3 is 5.11 Å². The summed E-state index contributed by atoms with van der Waals surface area (Å²) in [5.74, 6) is -0.534. The number of hydrogen-bond acceptors (Lipinski definition) is 3. The molecule has 0 amide bonds. The summed E-state index contributed by atoms with van der Waals surface area (Å²) >= 11 is 0. The second kappa shape index (κ2) is 7.11. The molecule has 25 heavy (non-hydrogen) atoms. The minimum absolute atomic E-state index is 0.140. The van der Waals surface area contributed by atoms with Crippen LogP contribution in [-0.2, 0) is 11.2 Å². The molecular weight excluding hydrogens is 314 g/mol. The van der Waals surface area contributed by atoms with Gasteiger partial charge in [-0.15, -0.1) is 0 Å². The van der Waals surface area contributed by atoms with E-state index in [0.717, 1.165) is 48.9 Å². The number of rotatable bonds is 4. The van der Waals surface area contributed by atoms with Gasteiger partial charge in [0, 0.05) is 17.9 Å². The molecule has 1 saturated carbocycles. The van der Waals surface area contributed by atoms with Crippen LogP contribution in [0.2, 0.25) is 0 Å². The summed E-state index contributed by atoms with van der Waals surface area (Å²) in [7, 11) is 0. The molecule has 1 N–H and O–H groups in total. The number of aromatic carboxylic acids is 1. The summed E-state index contributed by atoms with van der Waals surface area (Å²) in [5, 5.41) is 9.29. The van der Waals surface area contributed by atoms with Crippen LogP contribution in [0.3, 0.4) is 0 Å². The van der Waals surface area contributed by atoms with Crippen molar-refractivity contribution in [1.82, 2.24) is 0 Å². The molecule has 2 aliphatic rings. The Bertz CT molecular complexity index is 710. The summed E-state index contributed by atoms with van der Waals surface area (Å²) in [5.41, 5.74) is 2.71. The number of nitrogens with zero attached hydrogens (tertiary/aromatic N) is 1. The minimum Gasteiger partial charge on any atom is -0.478 e. The molecule has 134 valence electrons. The molecule has 1 heterocycles. The maximum absolute atomic E-state index is 12.9. The highest BCUT2D eigenvalue weighted by Crippen LogP contribution is 2.31. The third-order valence-corrected chi connectivity index (χ3v) is 5.38. The highest BCUT2D eigenvalue weighted by atomic mass is 16.4. The Morgan fingerprint density at radius 1 is 1.16 bits per heavy atom. The molecule has 0 atom stereocenters. The van der Waals surface area contributed by atoms with Gasteiger partial charge in [-0.1, -0.05) is 31.7 Å². The van der Waals surface area contributed by atoms with Crippen molar-refractivity contribution < 1.29 is 14.7 Å². The van der Waals surface area contributed by atoms with Crippen molar-refractivity contribution in [1.29, 1.82) is 0 Å². The molecule has 1 aromatic rings. The van der Waals surface area contributed by atoms with Gasteiger partial charge in [0.2, 0.25) is 0 Å². The highest BCUT2D eigenvalue weighted by molar-refractivity contribution is 6.13. The van der Waals surface area contributed by atoms with Crippen LogP contribution in [0.5, 0.6) is 0 Å². The van der Waals surface area contributed by atoms with Gasteiger partial charge in [0.1, 0.15) is 5.78 Å². The predicted molar refractivity (Wildman–Crippen MR) is 98.5 cm³/mol. The lowest BCUT2D eigenvalue weighted by atomic mass is 9.83. The van der Waals surface area contributed by atoms with Gasteiger partial charge in [-0.25, -0.2) is 4.79 Å². The van der Waals surface area contributed by atoms with Gasteiger partial charge in [-0.2, -0.15) is 0 Å². The van der Waals surface area contributed by atoms with E-state index in [1.807, 2.05) is 6.07 Å². The lowest BCUT2D eigenvalue weighted by Crippen LogP contribution is -2.31. The molecule has 1 aliphatic carbocycles. The van der Waals surface area contributed by atoms with Crippen molar-refractivity contribution in [2.75, 3.05) is 0 Å². The van der Waals surface area contributed by atoms with Crippen LogP contribution in [0.15, 0.2) is 23.2 Å². The van der Waals surface area contributed by atoms with Gasteiger partial charge in [0.15, 0.2) is 0 Å². The fourth-order valence-electron chi connectivity index (χ4n) is 4.11. The Kier molecular flexibility index (Phi) is 5.07. The fraction of sp³-hybridized carbons (Fsp3) is 0.571. The van der Waals surface area contributed by atoms with Gasteiger partial charge in [0.25, 0.3) is 0 Å². The molecule has 0 radical (unpaired) electrons. The standard InChI is InChI=1S/C21H27NO3/c1-21(2)13-16-10-9-15(20(24)25)11-17(16)18(22-21)12-19(23)14-7-5-3-4-6-8-14/h9-11,14H,3-8,12-13H2,1-2H3,(H,24,25). The van der Waals surface area contributed by atoms with Crippen LogP contribution in [0.1, 0.15) is 80.3 Å². The minimum atomic E-state index is -0.943. The Labute approximate surface area is 149 Å². The lowest BCUT2D eigenvalue weighted by molar-refractivity contribution is -0.122. The number of benzene rings is 1. The average Bonchev–Trinajstić information content (AvgIpc) is 2.82. The van der Waals surface area contributed by atoms with Gasteiger partial charge in [-0.05, 0) is 50.8 Å². The first-order valence-electron chi connectivity index (χ1n) is 9.34. The van der Waals surface area contributed by atoms with E-state index >= 15 is 0 Å². The number of fused-ring (bicyclic) bond motifs is 1. The number of carbonyl (C=O) groups excluding carboxylic acids is 1. The Morgan fingerprint density at radius 3 is 2.48 bits per heavy atom. The first-order chi connectivity index (χ1) is 11.9. The van der Waals surface area contributed by atoms with Crippen molar-refractivity contribution in [3.63, 3.8) is 0 Å². The summed E-state index contributed by atoms with van der Waals surface area (Å²) in [6, 6.07) is 5.21. The van der Waals surface area contributed by atoms with Crippen LogP contribution in [0.25, 0.3) is 0 Å². The number of aliphatic imine (C=N–C) groups is 1. The highest BCUT2D eigenvalue weighted by Gasteiger charge is 2.30. The lowest BCUT2D eigenvalue weighted by Gasteiger charge is -2.29. The number of carbonyl (C=O) groups is 2. The topological polar surface area (TPSA) is 66.7 Å². The van der Waals surface area contributed by atoms with Crippen molar-refractivity contribution in [3.8, 4) is 0 Å². The van der Waals surface area contributed by atoms with Crippen LogP contribution in [0.4, 0.5) is 0 Å². The van der Waals surface area contributed by atoms with E-state index < -0.39 is 5.97 Å². The number of ketones is 1. The molecule has 1 aromatic carbocycles. The Morgan fingerprint density at radius 2 is 1.84 bits per heavy atom. The number of hydrogen-bond donors (Lipinski definition) is 1. The molecule has 0 aromatic heterocycles. The molecule has 3 rings (SSSR count). The third-order valence-electron chi connectivity index (χ3n) is 5.38. The first kappa shape index (κ1) is 17.8. The Hall–Kier alpha value is -1.97. The molecule has 0 saturated heterocycles. The molecular formula is C21H27NO3. The van der Waals surface area contributed by atoms with E-state index in [4.69, 9.17) is 4.99 Å². The van der Waals surface area contributed by atoms with Gasteiger partial charge in [-0.3, -0.25) is 9.79 Å². The number of carboxylic acids is 1. The van der Waals surface area contributed by atoms with Crippen LogP contribution in [0, 0.1) is 5.92 Å². The van der Waals surface area contributed by atoms with Crippen molar-refractivity contribution >= 4 is 17.5 Å². The molecule has 1 fully saturated rings. The van der Waals surface area contributed by atoms with E-state index in [-0.39, 0.29) is 22.8 Å². The second-order valence-electron chi connectivity index (χ2n) is 8.06. The molecule has 1 aliphatic heterocycles. The van der Waals surface area contributed by atoms with Gasteiger partial charge >= 0.3 is 5.97 Å². The quantitative estimate of drug-likeness (QED) is 0.823. The fourth-order valence-corrected chi connectivity index (χ4v) is 4.11. The predicted octanol–water partition coefficient (Wildman–Crippen LogP) is 4.44. The van der Waals surface area contributed by atoms with Crippen molar-refractivity contribution in [3.05, 3.63) is 34.9 Å². The van der Waals surface area contributed by atoms with E-state index in [1.54, 1.807) is 12.1 Å². The molecule has 4 heteroatoms. The number of carboxylic acid groups (broad SMARTS) is 1. The molecule has 0 spiro atoms. The average molecular weight is 341 g/mol. The van der Waals surface area contributed by atoms with E-state index in [0.29, 0.717) is 6.42 Å². The molecule has 0 unspecified atom stereocenters. The zero-order valence-corrected chi connectivity index (χ0v) is 15.2. The maximum Gasteiger partial charge on any atom is 0.335 e. The maximum atomic E-state index is 12.9. The SMILES string of the molecule is CC1(C)Cc2ccc(C(=O)O)cc2C(CC(=O)C2CCCCCC2)=N1. The third kappa shape index (κ3) is 4.17. The van der Waals surface area contributed by atoms with E-state index in [1.165, 1.54) is 12.8 Å². The largest absolute Gasteiger partial charge is 0.478 e. The zero-order chi connectivity index (χ0) is 18.0. The summed E-state index contributed by atoms with van der Waals surface area (Å²) in [4.78, 5) is 29.0. The van der Waals surface area contributed by atoms with Crippen LogP contribution in [-0.4, -0.2) is 28.1 Å². The Balaban J connectivity index is 1.88. The summed E-state index contributed by atoms with van der Waals surface area (Å²) in [6.07, 6.45) is 7.77. The van der Waals surface area contributed by atoms with E-state index in [9.17, 15) is 14.7 Å². The van der Waals surface area contributed by atoms with Gasteiger partial charge in [0.05, 0.1) is 16.8 Å². The smallest absolute Gasteiger partial charge is 0.335 e. The van der Waals surface area contributed by atoms with E-state index in [2.05, 4.69) is 13.8 Å². The first-order valence-corrected chi connectivity index (χ1v) is 9.34. The summed E-state index contributed by atoms with van der Waals surface area (Å²) in [6.45, 7) is 4.13. The van der Waals surface area contributed by atoms with Crippen molar-refractivity contribution in [2.24, 2.45) is 10.9 Å². The van der Waals surface area contributed by atoms with Crippen LogP contribution < -0.4 is 0 Å². The van der Waals surface area contributed by atoms with Crippen LogP contribution >= 0.6 is 0 Å². The normalized spacial score (nSPS) is 20.3. The number of Topliss-reactive ketones (excluding diaryl/α,β-unsaturated/α-hetero) is 1. The molecule has 4 nitrogen and oxygen atoms in total. The van der Waals surface area contributed by atoms with Crippen molar-refractivity contribution in [2.45, 2.75) is 70.8 Å². The zero-order valence-electron chi connectivity index (χ0n) is 15.2. The monoisotopic (exact) mass is 341 g/mol. The molecule has 0 bridgehead atoms. The summed E-state index contributed by atoms with van der Waals surface area (Å²) < 4.78 is 0.